The number of hydrogen-bond acceptors (Lipinski definition) is 3. The van der Waals surface area contributed by atoms with Gasteiger partial charge in [-0.3, -0.25) is 4.79 Å². The van der Waals surface area contributed by atoms with Gasteiger partial charge in [-0.2, -0.15) is 0 Å². The number of carbonyl (C=O) groups excluding carboxylic acids is 1. The Hall–Kier alpha value is -1.55. The molecule has 0 aliphatic rings. The number of rotatable bonds is 5. The Morgan fingerprint density at radius 1 is 1.15 bits per heavy atom. The minimum absolute atomic E-state index is 0. The second-order valence-electron chi connectivity index (χ2n) is 4.07. The number of ether oxygens (including phenoxy) is 1. The van der Waals surface area contributed by atoms with Crippen molar-refractivity contribution in [2.45, 2.75) is 6.54 Å². The molecular weight excluding hydrogens is 297 g/mol. The first-order chi connectivity index (χ1) is 9.19. The number of halogens is 2. The summed E-state index contributed by atoms with van der Waals surface area (Å²) in [4.78, 5) is 11.9. The number of Topliss-reactive ketones (excluding diaryl/α,β-unsaturated/α-hetero) is 1. The van der Waals surface area contributed by atoms with E-state index in [1.54, 1.807) is 36.4 Å². The van der Waals surface area contributed by atoms with Crippen LogP contribution in [0.2, 0.25) is 5.02 Å². The zero-order chi connectivity index (χ0) is 13.7. The number of benzene rings is 2. The van der Waals surface area contributed by atoms with E-state index in [4.69, 9.17) is 22.1 Å². The molecule has 0 atom stereocenters. The molecule has 3 nitrogen and oxygen atoms in total. The summed E-state index contributed by atoms with van der Waals surface area (Å²) >= 11 is 5.83. The van der Waals surface area contributed by atoms with E-state index in [1.807, 2.05) is 12.1 Å². The predicted molar refractivity (Wildman–Crippen MR) is 82.9 cm³/mol. The molecule has 2 N–H and O–H groups in total. The van der Waals surface area contributed by atoms with Crippen LogP contribution in [-0.4, -0.2) is 12.4 Å². The van der Waals surface area contributed by atoms with Crippen molar-refractivity contribution < 1.29 is 9.53 Å². The fraction of sp³-hybridized carbons (Fsp3) is 0.133. The molecule has 106 valence electrons. The first kappa shape index (κ1) is 16.5. The maximum atomic E-state index is 11.9. The van der Waals surface area contributed by atoms with E-state index in [0.717, 1.165) is 5.56 Å². The summed E-state index contributed by atoms with van der Waals surface area (Å²) in [5.74, 6) is 0.503. The first-order valence-corrected chi connectivity index (χ1v) is 6.27. The molecule has 0 saturated heterocycles. The normalized spacial score (nSPS) is 9.70. The van der Waals surface area contributed by atoms with Crippen LogP contribution >= 0.6 is 24.0 Å². The van der Waals surface area contributed by atoms with E-state index in [2.05, 4.69) is 0 Å². The molecule has 0 heterocycles. The average Bonchev–Trinajstić information content (AvgIpc) is 2.45. The predicted octanol–water partition coefficient (Wildman–Crippen LogP) is 3.48. The molecular formula is C15H15Cl2NO2. The molecule has 0 saturated carbocycles. The molecule has 0 aromatic heterocycles. The molecule has 5 heteroatoms. The van der Waals surface area contributed by atoms with Crippen molar-refractivity contribution in [2.75, 3.05) is 6.61 Å². The fourth-order valence-corrected chi connectivity index (χ4v) is 1.80. The van der Waals surface area contributed by atoms with E-state index in [1.165, 1.54) is 0 Å². The molecule has 0 spiro atoms. The van der Waals surface area contributed by atoms with E-state index in [-0.39, 0.29) is 24.8 Å². The van der Waals surface area contributed by atoms with Crippen molar-refractivity contribution in [3.63, 3.8) is 0 Å². The summed E-state index contributed by atoms with van der Waals surface area (Å²) in [5, 5.41) is 0.581. The van der Waals surface area contributed by atoms with E-state index < -0.39 is 0 Å². The van der Waals surface area contributed by atoms with Gasteiger partial charge in [0.2, 0.25) is 0 Å². The highest BCUT2D eigenvalue weighted by Crippen LogP contribution is 2.17. The minimum atomic E-state index is -0.0800. The van der Waals surface area contributed by atoms with Crippen LogP contribution in [0.1, 0.15) is 15.9 Å². The zero-order valence-corrected chi connectivity index (χ0v) is 12.3. The van der Waals surface area contributed by atoms with E-state index >= 15 is 0 Å². The number of carbonyl (C=O) groups is 1. The van der Waals surface area contributed by atoms with E-state index in [9.17, 15) is 4.79 Å². The van der Waals surface area contributed by atoms with Crippen LogP contribution in [0.3, 0.4) is 0 Å². The summed E-state index contributed by atoms with van der Waals surface area (Å²) in [5.41, 5.74) is 7.11. The van der Waals surface area contributed by atoms with Crippen LogP contribution in [-0.2, 0) is 6.54 Å². The summed E-state index contributed by atoms with van der Waals surface area (Å²) in [7, 11) is 0. The van der Waals surface area contributed by atoms with Gasteiger partial charge in [-0.15, -0.1) is 12.4 Å². The van der Waals surface area contributed by atoms with Gasteiger partial charge in [-0.1, -0.05) is 41.9 Å². The molecule has 2 aromatic rings. The second kappa shape index (κ2) is 7.90. The fourth-order valence-electron chi connectivity index (χ4n) is 1.62. The molecule has 2 rings (SSSR count). The summed E-state index contributed by atoms with van der Waals surface area (Å²) in [6.07, 6.45) is 0. The van der Waals surface area contributed by atoms with Crippen LogP contribution in [0.15, 0.2) is 48.5 Å². The SMILES string of the molecule is Cl.NCc1ccc(C(=O)COc2cccc(Cl)c2)cc1. The molecule has 0 bridgehead atoms. The van der Waals surface area contributed by atoms with Crippen LogP contribution in [0, 0.1) is 0 Å². The van der Waals surface area contributed by atoms with Crippen molar-refractivity contribution >= 4 is 29.8 Å². The van der Waals surface area contributed by atoms with Crippen molar-refractivity contribution in [3.8, 4) is 5.75 Å². The highest BCUT2D eigenvalue weighted by molar-refractivity contribution is 6.30. The Balaban J connectivity index is 0.00000200. The van der Waals surface area contributed by atoms with Gasteiger partial charge in [0.05, 0.1) is 0 Å². The largest absolute Gasteiger partial charge is 0.485 e. The molecule has 0 amide bonds. The van der Waals surface area contributed by atoms with Crippen molar-refractivity contribution in [1.82, 2.24) is 0 Å². The number of nitrogens with two attached hydrogens (primary N) is 1. The monoisotopic (exact) mass is 311 g/mol. The summed E-state index contributed by atoms with van der Waals surface area (Å²) < 4.78 is 5.40. The molecule has 0 unspecified atom stereocenters. The number of hydrogen-bond donors (Lipinski definition) is 1. The third kappa shape index (κ3) is 4.53. The van der Waals surface area contributed by atoms with Gasteiger partial charge in [0.25, 0.3) is 0 Å². The van der Waals surface area contributed by atoms with Gasteiger partial charge in [0.1, 0.15) is 5.75 Å². The highest BCUT2D eigenvalue weighted by atomic mass is 35.5. The molecule has 0 aliphatic heterocycles. The topological polar surface area (TPSA) is 52.3 Å². The molecule has 2 aromatic carbocycles. The van der Waals surface area contributed by atoms with Gasteiger partial charge < -0.3 is 10.5 Å². The van der Waals surface area contributed by atoms with Crippen molar-refractivity contribution in [3.05, 3.63) is 64.7 Å². The summed E-state index contributed by atoms with van der Waals surface area (Å²) in [6.45, 7) is 0.454. The number of ketones is 1. The molecule has 20 heavy (non-hydrogen) atoms. The zero-order valence-electron chi connectivity index (χ0n) is 10.7. The maximum absolute atomic E-state index is 11.9. The lowest BCUT2D eigenvalue weighted by Gasteiger charge is -2.06. The van der Waals surface area contributed by atoms with Crippen LogP contribution in [0.4, 0.5) is 0 Å². The van der Waals surface area contributed by atoms with Crippen LogP contribution in [0.25, 0.3) is 0 Å². The second-order valence-corrected chi connectivity index (χ2v) is 4.51. The van der Waals surface area contributed by atoms with Crippen molar-refractivity contribution in [1.29, 1.82) is 0 Å². The Morgan fingerprint density at radius 2 is 1.85 bits per heavy atom. The highest BCUT2D eigenvalue weighted by Gasteiger charge is 2.06. The molecule has 0 fully saturated rings. The standard InChI is InChI=1S/C15H14ClNO2.ClH/c16-13-2-1-3-14(8-13)19-10-15(18)12-6-4-11(9-17)5-7-12;/h1-8H,9-10,17H2;1H. The first-order valence-electron chi connectivity index (χ1n) is 5.89. The van der Waals surface area contributed by atoms with Gasteiger partial charge in [0.15, 0.2) is 12.4 Å². The lowest BCUT2D eigenvalue weighted by molar-refractivity contribution is 0.0921. The Morgan fingerprint density at radius 3 is 2.45 bits per heavy atom. The Bertz CT molecular complexity index is 570. The van der Waals surface area contributed by atoms with E-state index in [0.29, 0.717) is 22.9 Å². The third-order valence-corrected chi connectivity index (χ3v) is 2.91. The Kier molecular flexibility index (Phi) is 6.52. The third-order valence-electron chi connectivity index (χ3n) is 2.68. The van der Waals surface area contributed by atoms with Gasteiger partial charge in [-0.05, 0) is 23.8 Å². The van der Waals surface area contributed by atoms with Gasteiger partial charge in [-0.25, -0.2) is 0 Å². The Labute approximate surface area is 129 Å². The minimum Gasteiger partial charge on any atom is -0.485 e. The van der Waals surface area contributed by atoms with Crippen molar-refractivity contribution in [2.24, 2.45) is 5.73 Å². The van der Waals surface area contributed by atoms with Gasteiger partial charge >= 0.3 is 0 Å². The summed E-state index contributed by atoms with van der Waals surface area (Å²) in [6, 6.07) is 14.2. The maximum Gasteiger partial charge on any atom is 0.200 e. The molecule has 0 aliphatic carbocycles. The lowest BCUT2D eigenvalue weighted by Crippen LogP contribution is -2.11. The van der Waals surface area contributed by atoms with Crippen LogP contribution in [0.5, 0.6) is 5.75 Å². The smallest absolute Gasteiger partial charge is 0.200 e. The lowest BCUT2D eigenvalue weighted by atomic mass is 10.1. The van der Waals surface area contributed by atoms with Crippen LogP contribution < -0.4 is 10.5 Å². The molecule has 0 radical (unpaired) electrons. The average molecular weight is 312 g/mol. The van der Waals surface area contributed by atoms with Gasteiger partial charge in [0, 0.05) is 17.1 Å². The quantitative estimate of drug-likeness (QED) is 0.860.